The minimum absolute atomic E-state index is 0.103. The summed E-state index contributed by atoms with van der Waals surface area (Å²) in [5, 5.41) is 9.55. The van der Waals surface area contributed by atoms with E-state index in [1.54, 1.807) is 0 Å². The first-order valence-corrected chi connectivity index (χ1v) is 4.16. The maximum atomic E-state index is 11.2. The van der Waals surface area contributed by atoms with Gasteiger partial charge in [-0.2, -0.15) is 0 Å². The van der Waals surface area contributed by atoms with Crippen molar-refractivity contribution in [2.75, 3.05) is 7.11 Å². The van der Waals surface area contributed by atoms with E-state index in [1.165, 1.54) is 7.11 Å². The van der Waals surface area contributed by atoms with Gasteiger partial charge in [-0.15, -0.1) is 0 Å². The predicted octanol–water partition coefficient (Wildman–Crippen LogP) is -0.158. The summed E-state index contributed by atoms with van der Waals surface area (Å²) in [5.74, 6) is -0.431. The molecule has 68 valence electrons. The predicted molar refractivity (Wildman–Crippen MR) is 39.5 cm³/mol. The minimum atomic E-state index is -0.993. The number of aliphatic hydroxyl groups is 1. The normalized spacial score (nSPS) is 44.8. The summed E-state index contributed by atoms with van der Waals surface area (Å²) in [6, 6.07) is 0. The highest BCUT2D eigenvalue weighted by Gasteiger charge is 2.69. The number of methoxy groups -OCH3 is 1. The van der Waals surface area contributed by atoms with Crippen molar-refractivity contribution in [2.24, 2.45) is 0 Å². The van der Waals surface area contributed by atoms with Crippen molar-refractivity contribution >= 4 is 5.97 Å². The lowest BCUT2D eigenvalue weighted by molar-refractivity contribution is -0.152. The zero-order chi connectivity index (χ0) is 8.77. The van der Waals surface area contributed by atoms with Crippen molar-refractivity contribution in [3.8, 4) is 0 Å². The first-order chi connectivity index (χ1) is 5.71. The quantitative estimate of drug-likeness (QED) is 0.441. The number of aliphatic hydroxyl groups excluding tert-OH is 1. The van der Waals surface area contributed by atoms with Crippen molar-refractivity contribution in [1.29, 1.82) is 0 Å². The van der Waals surface area contributed by atoms with Gasteiger partial charge in [-0.1, -0.05) is 0 Å². The molecule has 1 N–H and O–H groups in total. The standard InChI is InChI=1S/C8H12O4/c1-11-7(10)8-5(9)3-2-4-6(8)12-8/h5-6,9H,2-4H2,1H3/t5-,6+,8-/m1/s1. The van der Waals surface area contributed by atoms with Crippen LogP contribution in [-0.4, -0.2) is 36.0 Å². The van der Waals surface area contributed by atoms with Crippen LogP contribution in [0.1, 0.15) is 19.3 Å². The van der Waals surface area contributed by atoms with Gasteiger partial charge in [-0.25, -0.2) is 4.79 Å². The molecule has 0 aromatic carbocycles. The Morgan fingerprint density at radius 3 is 3.00 bits per heavy atom. The molecule has 1 aliphatic carbocycles. The Kier molecular flexibility index (Phi) is 1.63. The van der Waals surface area contributed by atoms with Crippen LogP contribution < -0.4 is 0 Å². The molecule has 1 saturated carbocycles. The molecule has 1 saturated heterocycles. The van der Waals surface area contributed by atoms with Gasteiger partial charge in [0, 0.05) is 0 Å². The van der Waals surface area contributed by atoms with Crippen molar-refractivity contribution in [1.82, 2.24) is 0 Å². The molecule has 0 spiro atoms. The lowest BCUT2D eigenvalue weighted by Gasteiger charge is -2.20. The Bertz CT molecular complexity index is 215. The second kappa shape index (κ2) is 2.44. The number of esters is 1. The highest BCUT2D eigenvalue weighted by molar-refractivity contribution is 5.84. The maximum Gasteiger partial charge on any atom is 0.343 e. The van der Waals surface area contributed by atoms with E-state index in [0.29, 0.717) is 6.42 Å². The molecule has 1 heterocycles. The Morgan fingerprint density at radius 2 is 2.42 bits per heavy atom. The van der Waals surface area contributed by atoms with Gasteiger partial charge in [0.1, 0.15) is 6.10 Å². The topological polar surface area (TPSA) is 59.1 Å². The molecule has 4 nitrogen and oxygen atoms in total. The number of hydrogen-bond acceptors (Lipinski definition) is 4. The Labute approximate surface area is 70.5 Å². The Morgan fingerprint density at radius 1 is 1.67 bits per heavy atom. The third-order valence-electron chi connectivity index (χ3n) is 2.70. The first kappa shape index (κ1) is 8.01. The van der Waals surface area contributed by atoms with Gasteiger partial charge in [-0.05, 0) is 19.3 Å². The van der Waals surface area contributed by atoms with E-state index < -0.39 is 17.7 Å². The summed E-state index contributed by atoms with van der Waals surface area (Å²) in [4.78, 5) is 11.2. The van der Waals surface area contributed by atoms with Crippen LogP contribution in [0.15, 0.2) is 0 Å². The number of fused-ring (bicyclic) bond motifs is 1. The summed E-state index contributed by atoms with van der Waals surface area (Å²) in [5.41, 5.74) is -0.993. The summed E-state index contributed by atoms with van der Waals surface area (Å²) >= 11 is 0. The van der Waals surface area contributed by atoms with Crippen LogP contribution in [0.4, 0.5) is 0 Å². The molecule has 2 aliphatic rings. The van der Waals surface area contributed by atoms with E-state index in [0.717, 1.165) is 12.8 Å². The molecule has 0 amide bonds. The zero-order valence-corrected chi connectivity index (χ0v) is 6.95. The molecule has 0 aromatic heterocycles. The molecule has 1 aliphatic heterocycles. The fraction of sp³-hybridized carbons (Fsp3) is 0.875. The third-order valence-corrected chi connectivity index (χ3v) is 2.70. The van der Waals surface area contributed by atoms with Crippen LogP contribution in [0.2, 0.25) is 0 Å². The van der Waals surface area contributed by atoms with Crippen LogP contribution in [-0.2, 0) is 14.3 Å². The lowest BCUT2D eigenvalue weighted by Crippen LogP contribution is -2.43. The summed E-state index contributed by atoms with van der Waals surface area (Å²) in [6.45, 7) is 0. The number of carbonyl (C=O) groups is 1. The maximum absolute atomic E-state index is 11.2. The summed E-state index contributed by atoms with van der Waals surface area (Å²) in [6.07, 6.45) is 1.62. The highest BCUT2D eigenvalue weighted by Crippen LogP contribution is 2.48. The lowest BCUT2D eigenvalue weighted by atomic mass is 9.86. The molecule has 0 radical (unpaired) electrons. The van der Waals surface area contributed by atoms with Crippen LogP contribution in [0.3, 0.4) is 0 Å². The number of ether oxygens (including phenoxy) is 2. The monoisotopic (exact) mass is 172 g/mol. The number of rotatable bonds is 1. The fourth-order valence-corrected chi connectivity index (χ4v) is 1.95. The number of carbonyl (C=O) groups excluding carboxylic acids is 1. The van der Waals surface area contributed by atoms with E-state index in [9.17, 15) is 9.90 Å². The van der Waals surface area contributed by atoms with Crippen molar-refractivity contribution in [2.45, 2.75) is 37.1 Å². The van der Waals surface area contributed by atoms with E-state index in [2.05, 4.69) is 4.74 Å². The summed E-state index contributed by atoms with van der Waals surface area (Å²) < 4.78 is 9.79. The van der Waals surface area contributed by atoms with Gasteiger partial charge in [0.15, 0.2) is 0 Å². The number of hydrogen-bond donors (Lipinski definition) is 1. The van der Waals surface area contributed by atoms with Crippen molar-refractivity contribution in [3.05, 3.63) is 0 Å². The minimum Gasteiger partial charge on any atom is -0.467 e. The van der Waals surface area contributed by atoms with E-state index in [-0.39, 0.29) is 6.10 Å². The fourth-order valence-electron chi connectivity index (χ4n) is 1.95. The average Bonchev–Trinajstić information content (AvgIpc) is 2.80. The van der Waals surface area contributed by atoms with Gasteiger partial charge in [0.2, 0.25) is 5.60 Å². The molecular formula is C8H12O4. The van der Waals surface area contributed by atoms with Gasteiger partial charge in [0.25, 0.3) is 0 Å². The van der Waals surface area contributed by atoms with Crippen LogP contribution in [0.25, 0.3) is 0 Å². The molecule has 12 heavy (non-hydrogen) atoms. The first-order valence-electron chi connectivity index (χ1n) is 4.16. The molecular weight excluding hydrogens is 160 g/mol. The van der Waals surface area contributed by atoms with Gasteiger partial charge < -0.3 is 14.6 Å². The second-order valence-electron chi connectivity index (χ2n) is 3.34. The van der Waals surface area contributed by atoms with Gasteiger partial charge in [0.05, 0.1) is 13.2 Å². The van der Waals surface area contributed by atoms with Crippen LogP contribution >= 0.6 is 0 Å². The Balaban J connectivity index is 2.16. The van der Waals surface area contributed by atoms with E-state index in [4.69, 9.17) is 4.74 Å². The molecule has 0 bridgehead atoms. The molecule has 2 rings (SSSR count). The molecule has 4 heteroatoms. The molecule has 2 fully saturated rings. The number of epoxide rings is 1. The van der Waals surface area contributed by atoms with Crippen molar-refractivity contribution in [3.63, 3.8) is 0 Å². The smallest absolute Gasteiger partial charge is 0.343 e. The third kappa shape index (κ3) is 0.820. The molecule has 0 aromatic rings. The average molecular weight is 172 g/mol. The van der Waals surface area contributed by atoms with Crippen LogP contribution in [0, 0.1) is 0 Å². The molecule has 0 unspecified atom stereocenters. The SMILES string of the molecule is COC(=O)[C@]12O[C@H]1CCC[C@H]2O. The van der Waals surface area contributed by atoms with Crippen molar-refractivity contribution < 1.29 is 19.4 Å². The Hall–Kier alpha value is -0.610. The highest BCUT2D eigenvalue weighted by atomic mass is 16.7. The van der Waals surface area contributed by atoms with E-state index in [1.807, 2.05) is 0 Å². The molecule has 3 atom stereocenters. The largest absolute Gasteiger partial charge is 0.467 e. The van der Waals surface area contributed by atoms with Gasteiger partial charge in [-0.3, -0.25) is 0 Å². The second-order valence-corrected chi connectivity index (χ2v) is 3.34. The summed E-state index contributed by atoms with van der Waals surface area (Å²) in [7, 11) is 1.32. The van der Waals surface area contributed by atoms with E-state index >= 15 is 0 Å². The van der Waals surface area contributed by atoms with Crippen LogP contribution in [0.5, 0.6) is 0 Å². The zero-order valence-electron chi connectivity index (χ0n) is 6.95. The van der Waals surface area contributed by atoms with Gasteiger partial charge >= 0.3 is 5.97 Å².